The molecule has 1 amide bonds. The Labute approximate surface area is 142 Å². The first-order valence-corrected chi connectivity index (χ1v) is 8.43. The summed E-state index contributed by atoms with van der Waals surface area (Å²) >= 11 is 0. The first-order chi connectivity index (χ1) is 11.5. The van der Waals surface area contributed by atoms with E-state index in [1.54, 1.807) is 12.3 Å². The highest BCUT2D eigenvalue weighted by atomic mass is 16.2. The zero-order chi connectivity index (χ0) is 17.1. The van der Waals surface area contributed by atoms with Crippen LogP contribution in [0, 0.1) is 12.8 Å². The Bertz CT molecular complexity index is 729. The second kappa shape index (κ2) is 6.99. The molecule has 1 aliphatic heterocycles. The number of aromatic nitrogens is 2. The number of rotatable bonds is 4. The van der Waals surface area contributed by atoms with Gasteiger partial charge in [-0.25, -0.2) is 4.98 Å². The number of carbonyl (C=O) groups excluding carboxylic acids is 2. The van der Waals surface area contributed by atoms with E-state index in [4.69, 9.17) is 0 Å². The lowest BCUT2D eigenvalue weighted by molar-refractivity contribution is 0.0690. The zero-order valence-electron chi connectivity index (χ0n) is 14.2. The van der Waals surface area contributed by atoms with Gasteiger partial charge in [-0.1, -0.05) is 6.07 Å². The van der Waals surface area contributed by atoms with Crippen LogP contribution in [0.4, 0.5) is 0 Å². The summed E-state index contributed by atoms with van der Waals surface area (Å²) in [5, 5.41) is 0. The second-order valence-corrected chi connectivity index (χ2v) is 6.56. The molecular formula is C19H23N3O2. The smallest absolute Gasteiger partial charge is 0.253 e. The minimum absolute atomic E-state index is 0.000643. The molecule has 1 N–H and O–H groups in total. The van der Waals surface area contributed by atoms with Crippen LogP contribution in [0.25, 0.3) is 0 Å². The third-order valence-electron chi connectivity index (χ3n) is 4.80. The molecule has 2 aromatic rings. The molecule has 126 valence electrons. The van der Waals surface area contributed by atoms with Crippen LogP contribution in [0.1, 0.15) is 51.9 Å². The van der Waals surface area contributed by atoms with Crippen LogP contribution in [-0.2, 0) is 6.42 Å². The molecule has 1 aromatic heterocycles. The number of imidazole rings is 1. The highest BCUT2D eigenvalue weighted by Gasteiger charge is 2.24. The van der Waals surface area contributed by atoms with Crippen LogP contribution in [0.15, 0.2) is 30.6 Å². The SMILES string of the molecule is CC(=O)c1cc(C(=O)N2CCC(Cc3ncc[nH]3)CC2)ccc1C. The summed E-state index contributed by atoms with van der Waals surface area (Å²) in [6.45, 7) is 4.95. The number of hydrogen-bond acceptors (Lipinski definition) is 3. The van der Waals surface area contributed by atoms with Gasteiger partial charge in [-0.05, 0) is 50.3 Å². The van der Waals surface area contributed by atoms with Gasteiger partial charge in [-0.2, -0.15) is 0 Å². The molecule has 0 aliphatic carbocycles. The van der Waals surface area contributed by atoms with Crippen LogP contribution in [0.2, 0.25) is 0 Å². The molecular weight excluding hydrogens is 302 g/mol. The van der Waals surface area contributed by atoms with Crippen molar-refractivity contribution in [3.8, 4) is 0 Å². The number of benzene rings is 1. The molecule has 0 radical (unpaired) electrons. The molecule has 1 fully saturated rings. The number of aryl methyl sites for hydroxylation is 1. The van der Waals surface area contributed by atoms with Gasteiger partial charge in [0.15, 0.2) is 5.78 Å². The first-order valence-electron chi connectivity index (χ1n) is 8.43. The molecule has 3 rings (SSSR count). The van der Waals surface area contributed by atoms with Gasteiger partial charge in [-0.3, -0.25) is 9.59 Å². The van der Waals surface area contributed by atoms with Crippen LogP contribution in [-0.4, -0.2) is 39.6 Å². The third-order valence-corrected chi connectivity index (χ3v) is 4.80. The van der Waals surface area contributed by atoms with Crippen LogP contribution in [0.5, 0.6) is 0 Å². The maximum Gasteiger partial charge on any atom is 0.253 e. The van der Waals surface area contributed by atoms with E-state index in [1.165, 1.54) is 6.92 Å². The number of likely N-dealkylation sites (tertiary alicyclic amines) is 1. The molecule has 0 spiro atoms. The fourth-order valence-electron chi connectivity index (χ4n) is 3.34. The molecule has 1 aliphatic rings. The number of carbonyl (C=O) groups is 2. The first kappa shape index (κ1) is 16.4. The van der Waals surface area contributed by atoms with E-state index < -0.39 is 0 Å². The van der Waals surface area contributed by atoms with Crippen molar-refractivity contribution in [1.82, 2.24) is 14.9 Å². The van der Waals surface area contributed by atoms with Crippen molar-refractivity contribution in [3.05, 3.63) is 53.1 Å². The van der Waals surface area contributed by atoms with E-state index in [1.807, 2.05) is 30.2 Å². The lowest BCUT2D eigenvalue weighted by Gasteiger charge is -2.32. The van der Waals surface area contributed by atoms with E-state index >= 15 is 0 Å². The number of piperidine rings is 1. The highest BCUT2D eigenvalue weighted by molar-refractivity contribution is 6.00. The normalized spacial score (nSPS) is 15.5. The maximum atomic E-state index is 12.7. The average Bonchev–Trinajstić information content (AvgIpc) is 3.08. The molecule has 24 heavy (non-hydrogen) atoms. The monoisotopic (exact) mass is 325 g/mol. The van der Waals surface area contributed by atoms with Crippen LogP contribution in [0.3, 0.4) is 0 Å². The lowest BCUT2D eigenvalue weighted by atomic mass is 9.92. The highest BCUT2D eigenvalue weighted by Crippen LogP contribution is 2.22. The predicted octanol–water partition coefficient (Wildman–Crippen LogP) is 3.02. The summed E-state index contributed by atoms with van der Waals surface area (Å²) in [6.07, 6.45) is 6.53. The van der Waals surface area contributed by atoms with E-state index in [2.05, 4.69) is 9.97 Å². The number of hydrogen-bond donors (Lipinski definition) is 1. The molecule has 0 atom stereocenters. The molecule has 5 heteroatoms. The predicted molar refractivity (Wildman–Crippen MR) is 92.1 cm³/mol. The van der Waals surface area contributed by atoms with Crippen molar-refractivity contribution in [2.24, 2.45) is 5.92 Å². The number of H-pyrrole nitrogens is 1. The standard InChI is InChI=1S/C19H23N3O2/c1-13-3-4-16(12-17(13)14(2)23)19(24)22-9-5-15(6-10-22)11-18-20-7-8-21-18/h3-4,7-8,12,15H,5-6,9-11H2,1-2H3,(H,20,21). The number of Topliss-reactive ketones (excluding diaryl/α,β-unsaturated/α-hetero) is 1. The van der Waals surface area contributed by atoms with Crippen LogP contribution >= 0.6 is 0 Å². The zero-order valence-corrected chi connectivity index (χ0v) is 14.2. The molecule has 1 aromatic carbocycles. The Balaban J connectivity index is 1.63. The van der Waals surface area contributed by atoms with Gasteiger partial charge in [0, 0.05) is 43.0 Å². The lowest BCUT2D eigenvalue weighted by Crippen LogP contribution is -2.39. The minimum Gasteiger partial charge on any atom is -0.349 e. The van der Waals surface area contributed by atoms with E-state index in [9.17, 15) is 9.59 Å². The topological polar surface area (TPSA) is 66.1 Å². The quantitative estimate of drug-likeness (QED) is 0.879. The summed E-state index contributed by atoms with van der Waals surface area (Å²) in [7, 11) is 0. The van der Waals surface area contributed by atoms with Crippen molar-refractivity contribution in [3.63, 3.8) is 0 Å². The fraction of sp³-hybridized carbons (Fsp3) is 0.421. The van der Waals surface area contributed by atoms with Crippen molar-refractivity contribution in [2.75, 3.05) is 13.1 Å². The number of aromatic amines is 1. The summed E-state index contributed by atoms with van der Waals surface area (Å²) in [4.78, 5) is 33.7. The molecule has 5 nitrogen and oxygen atoms in total. The number of ketones is 1. The van der Waals surface area contributed by atoms with Gasteiger partial charge in [-0.15, -0.1) is 0 Å². The Hall–Kier alpha value is -2.43. The van der Waals surface area contributed by atoms with Crippen LogP contribution < -0.4 is 0 Å². The maximum absolute atomic E-state index is 12.7. The number of nitrogens with one attached hydrogen (secondary N) is 1. The Morgan fingerprint density at radius 2 is 2.04 bits per heavy atom. The van der Waals surface area contributed by atoms with Crippen molar-refractivity contribution in [2.45, 2.75) is 33.1 Å². The van der Waals surface area contributed by atoms with E-state index in [0.29, 0.717) is 17.0 Å². The van der Waals surface area contributed by atoms with Gasteiger partial charge in [0.1, 0.15) is 5.82 Å². The van der Waals surface area contributed by atoms with E-state index in [0.717, 1.165) is 43.7 Å². The summed E-state index contributed by atoms with van der Waals surface area (Å²) < 4.78 is 0. The Kier molecular flexibility index (Phi) is 4.79. The van der Waals surface area contributed by atoms with Crippen molar-refractivity contribution in [1.29, 1.82) is 0 Å². The van der Waals surface area contributed by atoms with Gasteiger partial charge in [0.05, 0.1) is 0 Å². The summed E-state index contributed by atoms with van der Waals surface area (Å²) in [5.41, 5.74) is 2.15. The molecule has 0 saturated carbocycles. The second-order valence-electron chi connectivity index (χ2n) is 6.56. The van der Waals surface area contributed by atoms with E-state index in [-0.39, 0.29) is 11.7 Å². The molecule has 0 bridgehead atoms. The van der Waals surface area contributed by atoms with Gasteiger partial charge in [0.2, 0.25) is 0 Å². The number of amides is 1. The summed E-state index contributed by atoms with van der Waals surface area (Å²) in [6, 6.07) is 5.40. The van der Waals surface area contributed by atoms with Crippen molar-refractivity contribution < 1.29 is 9.59 Å². The van der Waals surface area contributed by atoms with Crippen molar-refractivity contribution >= 4 is 11.7 Å². The fourth-order valence-corrected chi connectivity index (χ4v) is 3.34. The molecule has 2 heterocycles. The Morgan fingerprint density at radius 1 is 1.29 bits per heavy atom. The number of nitrogens with zero attached hydrogens (tertiary/aromatic N) is 2. The summed E-state index contributed by atoms with van der Waals surface area (Å²) in [5.74, 6) is 1.60. The average molecular weight is 325 g/mol. The molecule has 0 unspecified atom stereocenters. The minimum atomic E-state index is -0.000643. The molecule has 1 saturated heterocycles. The third kappa shape index (κ3) is 3.55. The van der Waals surface area contributed by atoms with Gasteiger partial charge >= 0.3 is 0 Å². The van der Waals surface area contributed by atoms with Gasteiger partial charge < -0.3 is 9.88 Å². The Morgan fingerprint density at radius 3 is 2.67 bits per heavy atom. The van der Waals surface area contributed by atoms with Gasteiger partial charge in [0.25, 0.3) is 5.91 Å². The largest absolute Gasteiger partial charge is 0.349 e.